The first kappa shape index (κ1) is 23.7. The number of halogens is 1. The molecule has 0 saturated carbocycles. The summed E-state index contributed by atoms with van der Waals surface area (Å²) in [7, 11) is 0. The van der Waals surface area contributed by atoms with Crippen LogP contribution in [-0.2, 0) is 13.1 Å². The first-order valence-electron chi connectivity index (χ1n) is 9.16. The number of hydrogen-bond acceptors (Lipinski definition) is 3. The van der Waals surface area contributed by atoms with Crippen LogP contribution in [0.15, 0.2) is 47.5 Å². The Balaban J connectivity index is 0.00000392. The van der Waals surface area contributed by atoms with E-state index in [2.05, 4.69) is 27.8 Å². The Morgan fingerprint density at radius 1 is 1.14 bits per heavy atom. The second-order valence-electron chi connectivity index (χ2n) is 6.16. The lowest BCUT2D eigenvalue weighted by molar-refractivity contribution is 0.1000. The van der Waals surface area contributed by atoms with Crippen molar-refractivity contribution in [3.05, 3.63) is 64.7 Å². The molecule has 2 aromatic carbocycles. The number of guanidine groups is 1. The number of primary amides is 1. The van der Waals surface area contributed by atoms with Crippen molar-refractivity contribution in [2.45, 2.75) is 33.9 Å². The molecule has 0 atom stereocenters. The molecule has 0 unspecified atom stereocenters. The highest BCUT2D eigenvalue weighted by Gasteiger charge is 2.06. The highest BCUT2D eigenvalue weighted by molar-refractivity contribution is 14.0. The number of amides is 1. The summed E-state index contributed by atoms with van der Waals surface area (Å²) in [6.45, 7) is 8.46. The minimum Gasteiger partial charge on any atom is -0.494 e. The van der Waals surface area contributed by atoms with E-state index in [0.29, 0.717) is 31.2 Å². The molecule has 1 amide bonds. The van der Waals surface area contributed by atoms with Gasteiger partial charge in [0, 0.05) is 24.2 Å². The van der Waals surface area contributed by atoms with E-state index in [1.54, 1.807) is 12.1 Å². The molecule has 0 aliphatic carbocycles. The van der Waals surface area contributed by atoms with Crippen LogP contribution in [0.25, 0.3) is 0 Å². The van der Waals surface area contributed by atoms with Crippen molar-refractivity contribution in [3.63, 3.8) is 0 Å². The van der Waals surface area contributed by atoms with E-state index in [4.69, 9.17) is 10.5 Å². The van der Waals surface area contributed by atoms with E-state index in [-0.39, 0.29) is 24.0 Å². The van der Waals surface area contributed by atoms with Gasteiger partial charge in [0.05, 0.1) is 13.2 Å². The van der Waals surface area contributed by atoms with Gasteiger partial charge in [0.25, 0.3) is 0 Å². The first-order valence-corrected chi connectivity index (χ1v) is 9.16. The molecule has 0 aromatic heterocycles. The Morgan fingerprint density at radius 3 is 2.61 bits per heavy atom. The van der Waals surface area contributed by atoms with Crippen molar-refractivity contribution in [3.8, 4) is 5.75 Å². The molecule has 0 spiro atoms. The third-order valence-corrected chi connectivity index (χ3v) is 3.94. The van der Waals surface area contributed by atoms with Crippen molar-refractivity contribution < 1.29 is 9.53 Å². The molecule has 0 aliphatic heterocycles. The van der Waals surface area contributed by atoms with Gasteiger partial charge in [-0.3, -0.25) is 4.79 Å². The normalized spacial score (nSPS) is 10.8. The second-order valence-corrected chi connectivity index (χ2v) is 6.16. The summed E-state index contributed by atoms with van der Waals surface area (Å²) >= 11 is 0. The standard InChI is InChI=1S/C21H28N4O2.HI/c1-4-23-21(24-13-16-7-6-8-17(12-16)20(22)26)25-14-18-10-9-15(3)11-19(18)27-5-2;/h6-12H,4-5,13-14H2,1-3H3,(H2,22,26)(H2,23,24,25);1H. The minimum absolute atomic E-state index is 0. The maximum atomic E-state index is 11.3. The fourth-order valence-corrected chi connectivity index (χ4v) is 2.61. The van der Waals surface area contributed by atoms with Gasteiger partial charge in [-0.05, 0) is 50.1 Å². The van der Waals surface area contributed by atoms with Gasteiger partial charge in [-0.2, -0.15) is 0 Å². The minimum atomic E-state index is -0.436. The summed E-state index contributed by atoms with van der Waals surface area (Å²) in [5.41, 5.74) is 8.99. The monoisotopic (exact) mass is 496 g/mol. The largest absolute Gasteiger partial charge is 0.494 e. The summed E-state index contributed by atoms with van der Waals surface area (Å²) in [6, 6.07) is 13.4. The van der Waals surface area contributed by atoms with Gasteiger partial charge in [0.2, 0.25) is 5.91 Å². The Labute approximate surface area is 184 Å². The Bertz CT molecular complexity index is 809. The number of nitrogens with zero attached hydrogens (tertiary/aromatic N) is 1. The maximum Gasteiger partial charge on any atom is 0.248 e. The van der Waals surface area contributed by atoms with Crippen LogP contribution in [0.3, 0.4) is 0 Å². The highest BCUT2D eigenvalue weighted by atomic mass is 127. The zero-order valence-corrected chi connectivity index (χ0v) is 18.9. The maximum absolute atomic E-state index is 11.3. The van der Waals surface area contributed by atoms with E-state index in [1.165, 1.54) is 0 Å². The van der Waals surface area contributed by atoms with E-state index < -0.39 is 5.91 Å². The molecule has 0 radical (unpaired) electrons. The molecule has 0 aliphatic rings. The first-order chi connectivity index (χ1) is 13.0. The summed E-state index contributed by atoms with van der Waals surface area (Å²) in [5.74, 6) is 1.15. The molecule has 2 rings (SSSR count). The molecule has 6 nitrogen and oxygen atoms in total. The Hall–Kier alpha value is -2.29. The van der Waals surface area contributed by atoms with Gasteiger partial charge in [-0.15, -0.1) is 24.0 Å². The van der Waals surface area contributed by atoms with Gasteiger partial charge >= 0.3 is 0 Å². The van der Waals surface area contributed by atoms with Crippen LogP contribution < -0.4 is 21.1 Å². The number of aliphatic imine (C=N–C) groups is 1. The second kappa shape index (κ2) is 12.2. The van der Waals surface area contributed by atoms with E-state index in [0.717, 1.165) is 29.0 Å². The van der Waals surface area contributed by atoms with Crippen LogP contribution in [0.5, 0.6) is 5.75 Å². The highest BCUT2D eigenvalue weighted by Crippen LogP contribution is 2.20. The van der Waals surface area contributed by atoms with Gasteiger partial charge in [0.15, 0.2) is 5.96 Å². The van der Waals surface area contributed by atoms with Crippen LogP contribution >= 0.6 is 24.0 Å². The Morgan fingerprint density at radius 2 is 1.93 bits per heavy atom. The summed E-state index contributed by atoms with van der Waals surface area (Å²) in [6.07, 6.45) is 0. The van der Waals surface area contributed by atoms with Gasteiger partial charge < -0.3 is 21.1 Å². The van der Waals surface area contributed by atoms with Crippen LogP contribution in [0.4, 0.5) is 0 Å². The SMILES string of the molecule is CCNC(=NCc1cccc(C(N)=O)c1)NCc1ccc(C)cc1OCC.I. The van der Waals surface area contributed by atoms with E-state index in [1.807, 2.05) is 39.0 Å². The van der Waals surface area contributed by atoms with E-state index in [9.17, 15) is 4.79 Å². The molecule has 7 heteroatoms. The van der Waals surface area contributed by atoms with Crippen molar-refractivity contribution in [2.24, 2.45) is 10.7 Å². The number of nitrogens with one attached hydrogen (secondary N) is 2. The third-order valence-electron chi connectivity index (χ3n) is 3.94. The van der Waals surface area contributed by atoms with Gasteiger partial charge in [-0.25, -0.2) is 4.99 Å². The van der Waals surface area contributed by atoms with Gasteiger partial charge in [-0.1, -0.05) is 24.3 Å². The third kappa shape index (κ3) is 7.38. The summed E-state index contributed by atoms with van der Waals surface area (Å²) in [4.78, 5) is 15.9. The molecular weight excluding hydrogens is 467 g/mol. The van der Waals surface area contributed by atoms with Crippen molar-refractivity contribution in [1.29, 1.82) is 0 Å². The number of carbonyl (C=O) groups is 1. The van der Waals surface area contributed by atoms with Gasteiger partial charge in [0.1, 0.15) is 5.75 Å². The number of aryl methyl sites for hydroxylation is 1. The molecule has 4 N–H and O–H groups in total. The molecule has 0 bridgehead atoms. The number of benzene rings is 2. The molecule has 28 heavy (non-hydrogen) atoms. The number of rotatable bonds is 8. The molecule has 0 saturated heterocycles. The lowest BCUT2D eigenvalue weighted by Crippen LogP contribution is -2.36. The number of carbonyl (C=O) groups excluding carboxylic acids is 1. The number of ether oxygens (including phenoxy) is 1. The summed E-state index contributed by atoms with van der Waals surface area (Å²) in [5, 5.41) is 6.56. The van der Waals surface area contributed by atoms with Crippen molar-refractivity contribution >= 4 is 35.8 Å². The Kier molecular flexibility index (Phi) is 10.4. The predicted octanol–water partition coefficient (Wildman–Crippen LogP) is 3.37. The smallest absolute Gasteiger partial charge is 0.248 e. The topological polar surface area (TPSA) is 88.7 Å². The molecule has 2 aromatic rings. The quantitative estimate of drug-likeness (QED) is 0.297. The number of hydrogen-bond donors (Lipinski definition) is 3. The lowest BCUT2D eigenvalue weighted by Gasteiger charge is -2.15. The van der Waals surface area contributed by atoms with Crippen molar-refractivity contribution in [1.82, 2.24) is 10.6 Å². The molecular formula is C21H29IN4O2. The molecule has 152 valence electrons. The molecule has 0 heterocycles. The fourth-order valence-electron chi connectivity index (χ4n) is 2.61. The zero-order valence-electron chi connectivity index (χ0n) is 16.6. The zero-order chi connectivity index (χ0) is 19.6. The van der Waals surface area contributed by atoms with Crippen LogP contribution in [0, 0.1) is 6.92 Å². The molecule has 0 fully saturated rings. The summed E-state index contributed by atoms with van der Waals surface area (Å²) < 4.78 is 5.73. The van der Waals surface area contributed by atoms with Crippen LogP contribution in [-0.4, -0.2) is 25.0 Å². The van der Waals surface area contributed by atoms with Crippen LogP contribution in [0.2, 0.25) is 0 Å². The average Bonchev–Trinajstić information content (AvgIpc) is 2.65. The lowest BCUT2D eigenvalue weighted by atomic mass is 10.1. The van der Waals surface area contributed by atoms with E-state index >= 15 is 0 Å². The van der Waals surface area contributed by atoms with Crippen molar-refractivity contribution in [2.75, 3.05) is 13.2 Å². The predicted molar refractivity (Wildman–Crippen MR) is 124 cm³/mol. The van der Waals surface area contributed by atoms with Crippen LogP contribution in [0.1, 0.15) is 40.9 Å². The fraction of sp³-hybridized carbons (Fsp3) is 0.333. The average molecular weight is 496 g/mol. The number of nitrogens with two attached hydrogens (primary N) is 1.